The van der Waals surface area contributed by atoms with Gasteiger partial charge in [0.15, 0.2) is 0 Å². The van der Waals surface area contributed by atoms with E-state index in [0.717, 1.165) is 25.0 Å². The summed E-state index contributed by atoms with van der Waals surface area (Å²) < 4.78 is 1.99. The van der Waals surface area contributed by atoms with Crippen molar-refractivity contribution in [2.45, 2.75) is 25.3 Å². The summed E-state index contributed by atoms with van der Waals surface area (Å²) in [7, 11) is 0. The number of nitrogens with zero attached hydrogens (tertiary/aromatic N) is 2. The van der Waals surface area contributed by atoms with Crippen LogP contribution in [0.3, 0.4) is 0 Å². The molecule has 1 saturated carbocycles. The smallest absolute Gasteiger partial charge is 0.268 e. The minimum Gasteiger partial charge on any atom is -0.397 e. The lowest BCUT2D eigenvalue weighted by Gasteiger charge is -2.07. The number of carbonyl (C=O) groups excluding carboxylic acids is 1. The highest BCUT2D eigenvalue weighted by Gasteiger charge is 2.27. The second kappa shape index (κ2) is 5.05. The number of aromatic nitrogens is 2. The van der Waals surface area contributed by atoms with E-state index in [2.05, 4.69) is 10.3 Å². The van der Waals surface area contributed by atoms with Crippen molar-refractivity contribution in [1.29, 1.82) is 0 Å². The fourth-order valence-electron chi connectivity index (χ4n) is 2.09. The second-order valence-electron chi connectivity index (χ2n) is 4.78. The molecule has 100 valence electrons. The first-order valence-corrected chi connectivity index (χ1v) is 7.31. The summed E-state index contributed by atoms with van der Waals surface area (Å²) in [4.78, 5) is 16.3. The monoisotopic (exact) mass is 276 g/mol. The van der Waals surface area contributed by atoms with Crippen LogP contribution in [0, 0.1) is 0 Å². The average Bonchev–Trinajstić information content (AvgIpc) is 2.96. The third-order valence-corrected chi connectivity index (χ3v) is 3.83. The quantitative estimate of drug-likeness (QED) is 0.875. The highest BCUT2D eigenvalue weighted by atomic mass is 32.1. The minimum absolute atomic E-state index is 0.0566. The van der Waals surface area contributed by atoms with Crippen molar-refractivity contribution in [3.05, 3.63) is 34.5 Å². The number of anilines is 1. The van der Waals surface area contributed by atoms with Gasteiger partial charge in [-0.1, -0.05) is 0 Å². The predicted octanol–water partition coefficient (Wildman–Crippen LogP) is 1.83. The fourth-order valence-corrected chi connectivity index (χ4v) is 2.69. The SMILES string of the molecule is Nc1cc(C(=O)NCCc2cscn2)n(C2CC2)c1. The van der Waals surface area contributed by atoms with Crippen LogP contribution < -0.4 is 11.1 Å². The van der Waals surface area contributed by atoms with Gasteiger partial charge < -0.3 is 15.6 Å². The highest BCUT2D eigenvalue weighted by molar-refractivity contribution is 7.07. The van der Waals surface area contributed by atoms with E-state index in [1.807, 2.05) is 16.1 Å². The normalized spacial score (nSPS) is 14.5. The summed E-state index contributed by atoms with van der Waals surface area (Å²) in [5.74, 6) is -0.0566. The Hall–Kier alpha value is -1.82. The molecule has 2 aromatic heterocycles. The number of nitrogen functional groups attached to an aromatic ring is 1. The van der Waals surface area contributed by atoms with E-state index >= 15 is 0 Å². The summed E-state index contributed by atoms with van der Waals surface area (Å²) in [5, 5.41) is 4.92. The maximum atomic E-state index is 12.1. The van der Waals surface area contributed by atoms with Crippen LogP contribution in [0.5, 0.6) is 0 Å². The number of hydrogen-bond acceptors (Lipinski definition) is 4. The van der Waals surface area contributed by atoms with Gasteiger partial charge in [0.25, 0.3) is 5.91 Å². The number of nitrogens with two attached hydrogens (primary N) is 1. The van der Waals surface area contributed by atoms with E-state index in [9.17, 15) is 4.79 Å². The predicted molar refractivity (Wildman–Crippen MR) is 75.3 cm³/mol. The van der Waals surface area contributed by atoms with Gasteiger partial charge in [-0.15, -0.1) is 11.3 Å². The molecule has 2 heterocycles. The molecular weight excluding hydrogens is 260 g/mol. The Bertz CT molecular complexity index is 571. The van der Waals surface area contributed by atoms with Crippen molar-refractivity contribution in [3.63, 3.8) is 0 Å². The molecular formula is C13H16N4OS. The number of thiazole rings is 1. The largest absolute Gasteiger partial charge is 0.397 e. The topological polar surface area (TPSA) is 72.9 Å². The lowest BCUT2D eigenvalue weighted by atomic mass is 10.3. The molecule has 0 unspecified atom stereocenters. The van der Waals surface area contributed by atoms with Gasteiger partial charge >= 0.3 is 0 Å². The van der Waals surface area contributed by atoms with Crippen LogP contribution in [-0.2, 0) is 6.42 Å². The first-order chi connectivity index (χ1) is 9.24. The Labute approximate surface area is 115 Å². The number of carbonyl (C=O) groups is 1. The molecule has 0 atom stereocenters. The van der Waals surface area contributed by atoms with E-state index in [1.54, 1.807) is 22.9 Å². The Morgan fingerprint density at radius 1 is 1.58 bits per heavy atom. The standard InChI is InChI=1S/C13H16N4OS/c14-9-5-12(17(6-9)11-1-2-11)13(18)15-4-3-10-7-19-8-16-10/h5-8,11H,1-4,14H2,(H,15,18). The van der Waals surface area contributed by atoms with Crippen LogP contribution >= 0.6 is 11.3 Å². The van der Waals surface area contributed by atoms with Gasteiger partial charge in [0.05, 0.1) is 16.9 Å². The molecule has 1 fully saturated rings. The Balaban J connectivity index is 1.60. The van der Waals surface area contributed by atoms with E-state index in [-0.39, 0.29) is 5.91 Å². The van der Waals surface area contributed by atoms with Crippen LogP contribution in [0.1, 0.15) is 35.1 Å². The van der Waals surface area contributed by atoms with Crippen LogP contribution in [0.4, 0.5) is 5.69 Å². The third kappa shape index (κ3) is 2.78. The van der Waals surface area contributed by atoms with Crippen LogP contribution in [-0.4, -0.2) is 22.0 Å². The number of amides is 1. The molecule has 0 spiro atoms. The first kappa shape index (κ1) is 12.2. The molecule has 1 aliphatic carbocycles. The van der Waals surface area contributed by atoms with Gasteiger partial charge in [0.1, 0.15) is 5.69 Å². The van der Waals surface area contributed by atoms with Crippen molar-refractivity contribution in [2.75, 3.05) is 12.3 Å². The summed E-state index contributed by atoms with van der Waals surface area (Å²) in [5.41, 5.74) is 9.91. The van der Waals surface area contributed by atoms with Gasteiger partial charge in [-0.25, -0.2) is 4.98 Å². The van der Waals surface area contributed by atoms with Gasteiger partial charge in [-0.05, 0) is 18.9 Å². The maximum absolute atomic E-state index is 12.1. The fraction of sp³-hybridized carbons (Fsp3) is 0.385. The molecule has 5 nitrogen and oxygen atoms in total. The van der Waals surface area contributed by atoms with Crippen molar-refractivity contribution >= 4 is 22.9 Å². The van der Waals surface area contributed by atoms with E-state index in [0.29, 0.717) is 24.0 Å². The third-order valence-electron chi connectivity index (χ3n) is 3.19. The number of nitrogens with one attached hydrogen (secondary N) is 1. The summed E-state index contributed by atoms with van der Waals surface area (Å²) in [6, 6.07) is 2.20. The lowest BCUT2D eigenvalue weighted by Crippen LogP contribution is -2.27. The Morgan fingerprint density at radius 2 is 2.42 bits per heavy atom. The zero-order valence-corrected chi connectivity index (χ0v) is 11.3. The van der Waals surface area contributed by atoms with Crippen molar-refractivity contribution in [1.82, 2.24) is 14.9 Å². The molecule has 6 heteroatoms. The molecule has 0 aliphatic heterocycles. The zero-order valence-electron chi connectivity index (χ0n) is 10.5. The average molecular weight is 276 g/mol. The summed E-state index contributed by atoms with van der Waals surface area (Å²) >= 11 is 1.57. The van der Waals surface area contributed by atoms with Crippen molar-refractivity contribution < 1.29 is 4.79 Å². The molecule has 2 aromatic rings. The van der Waals surface area contributed by atoms with Crippen LogP contribution in [0.2, 0.25) is 0 Å². The van der Waals surface area contributed by atoms with E-state index in [1.165, 1.54) is 0 Å². The van der Waals surface area contributed by atoms with Crippen molar-refractivity contribution in [2.24, 2.45) is 0 Å². The molecule has 3 N–H and O–H groups in total. The van der Waals surface area contributed by atoms with Gasteiger partial charge in [-0.2, -0.15) is 0 Å². The lowest BCUT2D eigenvalue weighted by molar-refractivity contribution is 0.0944. The number of rotatable bonds is 5. The molecule has 0 aromatic carbocycles. The zero-order chi connectivity index (χ0) is 13.2. The van der Waals surface area contributed by atoms with Gasteiger partial charge in [0, 0.05) is 30.6 Å². The molecule has 3 rings (SSSR count). The van der Waals surface area contributed by atoms with Crippen LogP contribution in [0.25, 0.3) is 0 Å². The molecule has 0 bridgehead atoms. The van der Waals surface area contributed by atoms with Crippen LogP contribution in [0.15, 0.2) is 23.2 Å². The minimum atomic E-state index is -0.0566. The number of hydrogen-bond donors (Lipinski definition) is 2. The second-order valence-corrected chi connectivity index (χ2v) is 5.50. The first-order valence-electron chi connectivity index (χ1n) is 6.36. The molecule has 0 saturated heterocycles. The highest BCUT2D eigenvalue weighted by Crippen LogP contribution is 2.37. The van der Waals surface area contributed by atoms with E-state index in [4.69, 9.17) is 5.73 Å². The maximum Gasteiger partial charge on any atom is 0.268 e. The summed E-state index contributed by atoms with van der Waals surface area (Å²) in [6.45, 7) is 0.596. The molecule has 1 aliphatic rings. The Kier molecular flexibility index (Phi) is 3.25. The van der Waals surface area contributed by atoms with Crippen molar-refractivity contribution in [3.8, 4) is 0 Å². The van der Waals surface area contributed by atoms with Gasteiger partial charge in [-0.3, -0.25) is 4.79 Å². The molecule has 0 radical (unpaired) electrons. The van der Waals surface area contributed by atoms with Gasteiger partial charge in [0.2, 0.25) is 0 Å². The van der Waals surface area contributed by atoms with E-state index < -0.39 is 0 Å². The molecule has 19 heavy (non-hydrogen) atoms. The molecule has 1 amide bonds. The summed E-state index contributed by atoms with van der Waals surface area (Å²) in [6.07, 6.45) is 4.88. The Morgan fingerprint density at radius 3 is 3.11 bits per heavy atom.